The first-order valence-corrected chi connectivity index (χ1v) is 8.04. The van der Waals surface area contributed by atoms with E-state index in [1.165, 1.54) is 25.7 Å². The molecule has 21 heavy (non-hydrogen) atoms. The van der Waals surface area contributed by atoms with Crippen molar-refractivity contribution >= 4 is 0 Å². The molecule has 4 nitrogen and oxygen atoms in total. The highest BCUT2D eigenvalue weighted by Gasteiger charge is 2.21. The molecule has 4 heteroatoms. The molecule has 0 aliphatic carbocycles. The van der Waals surface area contributed by atoms with Gasteiger partial charge in [-0.25, -0.2) is 0 Å². The normalized spacial score (nSPS) is 12.7. The van der Waals surface area contributed by atoms with Gasteiger partial charge in [-0.2, -0.15) is 0 Å². The van der Waals surface area contributed by atoms with Crippen molar-refractivity contribution in [1.29, 1.82) is 0 Å². The Labute approximate surface area is 129 Å². The maximum atomic E-state index is 5.82. The average molecular weight is 293 g/mol. The van der Waals surface area contributed by atoms with E-state index in [9.17, 15) is 0 Å². The molecule has 0 aromatic carbocycles. The molecule has 0 radical (unpaired) electrons. The lowest BCUT2D eigenvalue weighted by atomic mass is 9.87. The third kappa shape index (κ3) is 4.68. The Morgan fingerprint density at radius 2 is 1.86 bits per heavy atom. The second-order valence-electron chi connectivity index (χ2n) is 5.86. The molecular weight excluding hydrogens is 262 g/mol. The number of nitrogens with zero attached hydrogens (tertiary/aromatic N) is 1. The Morgan fingerprint density at radius 1 is 1.24 bits per heavy atom. The van der Waals surface area contributed by atoms with E-state index in [1.54, 1.807) is 7.11 Å². The molecule has 0 spiro atoms. The number of rotatable bonds is 9. The third-order valence-corrected chi connectivity index (χ3v) is 4.27. The summed E-state index contributed by atoms with van der Waals surface area (Å²) in [6.45, 7) is 8.57. The number of hydrogen-bond acceptors (Lipinski definition) is 4. The number of hydrazine groups is 1. The van der Waals surface area contributed by atoms with Crippen molar-refractivity contribution < 1.29 is 4.74 Å². The highest BCUT2D eigenvalue weighted by atomic mass is 16.5. The van der Waals surface area contributed by atoms with E-state index in [0.717, 1.165) is 29.0 Å². The Hall–Kier alpha value is -1.13. The Morgan fingerprint density at radius 3 is 2.33 bits per heavy atom. The van der Waals surface area contributed by atoms with Gasteiger partial charge in [-0.15, -0.1) is 0 Å². The summed E-state index contributed by atoms with van der Waals surface area (Å²) in [7, 11) is 1.72. The van der Waals surface area contributed by atoms with Crippen LogP contribution in [0.1, 0.15) is 56.4 Å². The van der Waals surface area contributed by atoms with Crippen LogP contribution in [0, 0.1) is 19.8 Å². The largest absolute Gasteiger partial charge is 0.496 e. The molecule has 0 aliphatic rings. The maximum absolute atomic E-state index is 5.82. The van der Waals surface area contributed by atoms with E-state index in [2.05, 4.69) is 31.2 Å². The molecule has 0 aliphatic heterocycles. The van der Waals surface area contributed by atoms with Crippen LogP contribution < -0.4 is 16.0 Å². The topological polar surface area (TPSA) is 60.2 Å². The van der Waals surface area contributed by atoms with Crippen LogP contribution in [0.3, 0.4) is 0 Å². The highest BCUT2D eigenvalue weighted by molar-refractivity contribution is 5.41. The molecule has 1 atom stereocenters. The first-order chi connectivity index (χ1) is 10.1. The summed E-state index contributed by atoms with van der Waals surface area (Å²) >= 11 is 0. The van der Waals surface area contributed by atoms with E-state index in [4.69, 9.17) is 10.6 Å². The minimum absolute atomic E-state index is 0.267. The van der Waals surface area contributed by atoms with Crippen molar-refractivity contribution in [2.24, 2.45) is 11.8 Å². The highest BCUT2D eigenvalue weighted by Crippen LogP contribution is 2.27. The van der Waals surface area contributed by atoms with Crippen LogP contribution in [0.4, 0.5) is 0 Å². The quantitative estimate of drug-likeness (QED) is 0.542. The lowest BCUT2D eigenvalue weighted by Crippen LogP contribution is -2.42. The lowest BCUT2D eigenvalue weighted by Gasteiger charge is -2.27. The third-order valence-electron chi connectivity index (χ3n) is 4.27. The minimum atomic E-state index is 0.267. The standard InChI is InChI=1S/C17H31N3O/c1-6-8-14(9-7-2)16(20-18)10-15-13(4)17(21-5)12(3)11-19-15/h11,14,16,20H,6-10,18H2,1-5H3. The van der Waals surface area contributed by atoms with Gasteiger partial charge in [0.25, 0.3) is 0 Å². The predicted molar refractivity (Wildman–Crippen MR) is 88.4 cm³/mol. The number of ether oxygens (including phenoxy) is 1. The van der Waals surface area contributed by atoms with Crippen LogP contribution in [0.5, 0.6) is 5.75 Å². The molecule has 3 N–H and O–H groups in total. The van der Waals surface area contributed by atoms with Crippen LogP contribution in [-0.2, 0) is 6.42 Å². The fraction of sp³-hybridized carbons (Fsp3) is 0.706. The molecule has 0 fully saturated rings. The lowest BCUT2D eigenvalue weighted by molar-refractivity contribution is 0.309. The predicted octanol–water partition coefficient (Wildman–Crippen LogP) is 3.30. The van der Waals surface area contributed by atoms with Crippen LogP contribution in [0.25, 0.3) is 0 Å². The zero-order valence-corrected chi connectivity index (χ0v) is 14.2. The van der Waals surface area contributed by atoms with Gasteiger partial charge < -0.3 is 4.74 Å². The second-order valence-corrected chi connectivity index (χ2v) is 5.86. The number of nitrogens with two attached hydrogens (primary N) is 1. The van der Waals surface area contributed by atoms with Crippen molar-refractivity contribution in [3.63, 3.8) is 0 Å². The number of nitrogens with one attached hydrogen (secondary N) is 1. The van der Waals surface area contributed by atoms with Gasteiger partial charge in [0, 0.05) is 35.5 Å². The first kappa shape index (κ1) is 17.9. The number of aromatic nitrogens is 1. The first-order valence-electron chi connectivity index (χ1n) is 8.04. The summed E-state index contributed by atoms with van der Waals surface area (Å²) in [6.07, 6.45) is 7.52. The Kier molecular flexibility index (Phi) is 7.68. The van der Waals surface area contributed by atoms with Crippen molar-refractivity contribution in [2.75, 3.05) is 7.11 Å². The van der Waals surface area contributed by atoms with Crippen molar-refractivity contribution in [2.45, 2.75) is 65.8 Å². The molecule has 0 saturated carbocycles. The van der Waals surface area contributed by atoms with Gasteiger partial charge in [0.15, 0.2) is 0 Å². The number of hydrogen-bond donors (Lipinski definition) is 2. The van der Waals surface area contributed by atoms with Crippen LogP contribution in [-0.4, -0.2) is 18.1 Å². The summed E-state index contributed by atoms with van der Waals surface area (Å²) in [5.41, 5.74) is 6.31. The maximum Gasteiger partial charge on any atom is 0.128 e. The molecule has 0 amide bonds. The molecule has 0 saturated heterocycles. The van der Waals surface area contributed by atoms with Gasteiger partial charge in [-0.1, -0.05) is 26.7 Å². The summed E-state index contributed by atoms with van der Waals surface area (Å²) in [4.78, 5) is 4.60. The van der Waals surface area contributed by atoms with Crippen LogP contribution in [0.2, 0.25) is 0 Å². The fourth-order valence-electron chi connectivity index (χ4n) is 3.14. The molecule has 1 aromatic heterocycles. The molecule has 120 valence electrons. The van der Waals surface area contributed by atoms with E-state index >= 15 is 0 Å². The van der Waals surface area contributed by atoms with Gasteiger partial charge in [-0.05, 0) is 32.6 Å². The van der Waals surface area contributed by atoms with Crippen LogP contribution in [0.15, 0.2) is 6.20 Å². The second kappa shape index (κ2) is 9.00. The number of methoxy groups -OCH3 is 1. The van der Waals surface area contributed by atoms with Gasteiger partial charge >= 0.3 is 0 Å². The minimum Gasteiger partial charge on any atom is -0.496 e. The Balaban J connectivity index is 2.95. The monoisotopic (exact) mass is 293 g/mol. The van der Waals surface area contributed by atoms with Gasteiger partial charge in [-0.3, -0.25) is 16.3 Å². The number of aryl methyl sites for hydroxylation is 1. The van der Waals surface area contributed by atoms with Gasteiger partial charge in [0.2, 0.25) is 0 Å². The molecule has 0 bridgehead atoms. The van der Waals surface area contributed by atoms with Crippen molar-refractivity contribution in [3.8, 4) is 5.75 Å². The zero-order chi connectivity index (χ0) is 15.8. The molecule has 1 heterocycles. The van der Waals surface area contributed by atoms with Crippen molar-refractivity contribution in [3.05, 3.63) is 23.0 Å². The SMILES string of the molecule is CCCC(CCC)C(Cc1ncc(C)c(OC)c1C)NN. The van der Waals surface area contributed by atoms with Gasteiger partial charge in [0.1, 0.15) is 5.75 Å². The fourth-order valence-corrected chi connectivity index (χ4v) is 3.14. The summed E-state index contributed by atoms with van der Waals surface area (Å²) in [6, 6.07) is 0.267. The smallest absolute Gasteiger partial charge is 0.128 e. The molecular formula is C17H31N3O. The van der Waals surface area contributed by atoms with Crippen LogP contribution >= 0.6 is 0 Å². The van der Waals surface area contributed by atoms with Crippen molar-refractivity contribution in [1.82, 2.24) is 10.4 Å². The Bertz CT molecular complexity index is 428. The number of pyridine rings is 1. The summed E-state index contributed by atoms with van der Waals surface area (Å²) in [5.74, 6) is 7.36. The van der Waals surface area contributed by atoms with Gasteiger partial charge in [0.05, 0.1) is 7.11 Å². The van der Waals surface area contributed by atoms with E-state index in [1.807, 2.05) is 13.1 Å². The average Bonchev–Trinajstić information content (AvgIpc) is 2.47. The van der Waals surface area contributed by atoms with E-state index < -0.39 is 0 Å². The van der Waals surface area contributed by atoms with E-state index in [-0.39, 0.29) is 6.04 Å². The molecule has 1 aromatic rings. The zero-order valence-electron chi connectivity index (χ0n) is 14.2. The molecule has 1 rings (SSSR count). The molecule has 1 unspecified atom stereocenters. The summed E-state index contributed by atoms with van der Waals surface area (Å²) in [5, 5.41) is 0. The summed E-state index contributed by atoms with van der Waals surface area (Å²) < 4.78 is 5.50. The van der Waals surface area contributed by atoms with E-state index in [0.29, 0.717) is 5.92 Å².